The summed E-state index contributed by atoms with van der Waals surface area (Å²) < 4.78 is 5.36. The molecule has 0 unspecified atom stereocenters. The number of nitrogens with zero attached hydrogens (tertiary/aromatic N) is 1. The summed E-state index contributed by atoms with van der Waals surface area (Å²) in [7, 11) is 0. The van der Waals surface area contributed by atoms with Gasteiger partial charge in [-0.3, -0.25) is 4.79 Å². The lowest BCUT2D eigenvalue weighted by atomic mass is 9.72. The summed E-state index contributed by atoms with van der Waals surface area (Å²) in [6, 6.07) is 9.66. The molecule has 0 radical (unpaired) electrons. The number of rotatable bonds is 2. The normalized spacial score (nSPS) is 20.5. The Bertz CT molecular complexity index is 536. The molecule has 22 heavy (non-hydrogen) atoms. The van der Waals surface area contributed by atoms with E-state index in [1.165, 1.54) is 0 Å². The van der Waals surface area contributed by atoms with Crippen molar-refractivity contribution in [2.45, 2.75) is 32.3 Å². The summed E-state index contributed by atoms with van der Waals surface area (Å²) in [5, 5.41) is 2.96. The lowest BCUT2D eigenvalue weighted by Crippen LogP contribution is -2.52. The van der Waals surface area contributed by atoms with Gasteiger partial charge in [-0.1, -0.05) is 30.3 Å². The third-order valence-electron chi connectivity index (χ3n) is 4.78. The van der Waals surface area contributed by atoms with Crippen LogP contribution in [0.4, 0.5) is 4.79 Å². The molecule has 2 aliphatic heterocycles. The molecule has 2 saturated heterocycles. The molecule has 1 aromatic rings. The van der Waals surface area contributed by atoms with Crippen LogP contribution in [0.25, 0.3) is 0 Å². The van der Waals surface area contributed by atoms with Crippen molar-refractivity contribution in [3.63, 3.8) is 0 Å². The van der Waals surface area contributed by atoms with E-state index in [4.69, 9.17) is 4.74 Å². The molecule has 118 valence electrons. The van der Waals surface area contributed by atoms with Crippen molar-refractivity contribution in [1.82, 2.24) is 10.2 Å². The highest BCUT2D eigenvalue weighted by molar-refractivity contribution is 5.83. The van der Waals surface area contributed by atoms with Crippen LogP contribution in [0.5, 0.6) is 0 Å². The minimum Gasteiger partial charge on any atom is -0.445 e. The molecule has 1 N–H and O–H groups in total. The molecular weight excluding hydrogens is 280 g/mol. The Kier molecular flexibility index (Phi) is 4.32. The van der Waals surface area contributed by atoms with E-state index in [-0.39, 0.29) is 17.4 Å². The van der Waals surface area contributed by atoms with E-state index in [1.807, 2.05) is 30.3 Å². The van der Waals surface area contributed by atoms with Crippen molar-refractivity contribution in [2.24, 2.45) is 5.41 Å². The number of likely N-dealkylation sites (tertiary alicyclic amines) is 1. The van der Waals surface area contributed by atoms with Gasteiger partial charge in [0.2, 0.25) is 5.91 Å². The Balaban J connectivity index is 1.50. The fourth-order valence-corrected chi connectivity index (χ4v) is 3.33. The number of hydrogen-bond acceptors (Lipinski definition) is 3. The molecule has 0 atom stereocenters. The number of carbonyl (C=O) groups excluding carboxylic acids is 2. The summed E-state index contributed by atoms with van der Waals surface area (Å²) in [6.45, 7) is 2.27. The Morgan fingerprint density at radius 3 is 2.59 bits per heavy atom. The van der Waals surface area contributed by atoms with E-state index in [0.29, 0.717) is 19.7 Å². The van der Waals surface area contributed by atoms with E-state index < -0.39 is 0 Å². The van der Waals surface area contributed by atoms with Crippen molar-refractivity contribution in [3.05, 3.63) is 35.9 Å². The first kappa shape index (κ1) is 14.9. The largest absolute Gasteiger partial charge is 0.445 e. The second-order valence-corrected chi connectivity index (χ2v) is 6.17. The smallest absolute Gasteiger partial charge is 0.410 e. The first-order valence-electron chi connectivity index (χ1n) is 7.94. The van der Waals surface area contributed by atoms with Crippen LogP contribution in [0.15, 0.2) is 30.3 Å². The summed E-state index contributed by atoms with van der Waals surface area (Å²) in [4.78, 5) is 26.0. The summed E-state index contributed by atoms with van der Waals surface area (Å²) in [5.74, 6) is 0.163. The molecule has 3 rings (SSSR count). The van der Waals surface area contributed by atoms with Crippen LogP contribution in [-0.4, -0.2) is 36.5 Å². The van der Waals surface area contributed by atoms with Gasteiger partial charge in [-0.25, -0.2) is 4.79 Å². The number of benzene rings is 1. The number of carbonyl (C=O) groups is 2. The Morgan fingerprint density at radius 2 is 1.91 bits per heavy atom. The maximum Gasteiger partial charge on any atom is 0.410 e. The van der Waals surface area contributed by atoms with Gasteiger partial charge < -0.3 is 15.0 Å². The van der Waals surface area contributed by atoms with E-state index in [0.717, 1.165) is 37.8 Å². The van der Waals surface area contributed by atoms with Crippen molar-refractivity contribution in [3.8, 4) is 0 Å². The van der Waals surface area contributed by atoms with Crippen LogP contribution in [0.3, 0.4) is 0 Å². The van der Waals surface area contributed by atoms with Gasteiger partial charge in [-0.15, -0.1) is 0 Å². The molecule has 0 bridgehead atoms. The minimum atomic E-state index is -0.282. The van der Waals surface area contributed by atoms with Gasteiger partial charge in [0.15, 0.2) is 0 Å². The summed E-state index contributed by atoms with van der Waals surface area (Å²) >= 11 is 0. The highest BCUT2D eigenvalue weighted by Gasteiger charge is 2.43. The maximum atomic E-state index is 12.1. The molecule has 0 saturated carbocycles. The fourth-order valence-electron chi connectivity index (χ4n) is 3.33. The van der Waals surface area contributed by atoms with Crippen molar-refractivity contribution in [1.29, 1.82) is 0 Å². The summed E-state index contributed by atoms with van der Waals surface area (Å²) in [6.07, 6.45) is 3.16. The zero-order valence-corrected chi connectivity index (χ0v) is 12.7. The maximum absolute atomic E-state index is 12.1. The molecule has 2 heterocycles. The second-order valence-electron chi connectivity index (χ2n) is 6.17. The SMILES string of the molecule is O=C(OCc1ccccc1)N1CCC2(CCCNC2=O)CC1. The molecule has 5 heteroatoms. The van der Waals surface area contributed by atoms with Crippen LogP contribution in [0.1, 0.15) is 31.2 Å². The van der Waals surface area contributed by atoms with Gasteiger partial charge in [0.25, 0.3) is 0 Å². The fraction of sp³-hybridized carbons (Fsp3) is 0.529. The van der Waals surface area contributed by atoms with Gasteiger partial charge in [-0.2, -0.15) is 0 Å². The molecule has 1 spiro atoms. The lowest BCUT2D eigenvalue weighted by molar-refractivity contribution is -0.136. The van der Waals surface area contributed by atoms with E-state index >= 15 is 0 Å². The predicted octanol–water partition coefficient (Wildman–Crippen LogP) is 2.32. The van der Waals surface area contributed by atoms with Crippen LogP contribution in [0, 0.1) is 5.41 Å². The second kappa shape index (κ2) is 6.38. The molecular formula is C17H22N2O3. The minimum absolute atomic E-state index is 0.163. The average molecular weight is 302 g/mol. The predicted molar refractivity (Wildman–Crippen MR) is 82.1 cm³/mol. The van der Waals surface area contributed by atoms with Crippen molar-refractivity contribution in [2.75, 3.05) is 19.6 Å². The molecule has 0 aromatic heterocycles. The van der Waals surface area contributed by atoms with Gasteiger partial charge in [0.1, 0.15) is 6.61 Å². The number of ether oxygens (including phenoxy) is 1. The van der Waals surface area contributed by atoms with Crippen LogP contribution < -0.4 is 5.32 Å². The standard InChI is InChI=1S/C17H22N2O3/c20-15-17(7-4-10-18-15)8-11-19(12-9-17)16(21)22-13-14-5-2-1-3-6-14/h1-3,5-6H,4,7-13H2,(H,18,20). The number of hydrogen-bond donors (Lipinski definition) is 1. The topological polar surface area (TPSA) is 58.6 Å². The van der Waals surface area contributed by atoms with Crippen LogP contribution in [0.2, 0.25) is 0 Å². The van der Waals surface area contributed by atoms with E-state index in [9.17, 15) is 9.59 Å². The lowest BCUT2D eigenvalue weighted by Gasteiger charge is -2.42. The number of amides is 2. The first-order chi connectivity index (χ1) is 10.7. The molecule has 5 nitrogen and oxygen atoms in total. The molecule has 1 aromatic carbocycles. The van der Waals surface area contributed by atoms with Gasteiger partial charge >= 0.3 is 6.09 Å². The zero-order valence-electron chi connectivity index (χ0n) is 12.7. The molecule has 2 fully saturated rings. The van der Waals surface area contributed by atoms with Gasteiger partial charge in [0.05, 0.1) is 5.41 Å². The zero-order chi connectivity index (χ0) is 15.4. The third-order valence-corrected chi connectivity index (χ3v) is 4.78. The first-order valence-corrected chi connectivity index (χ1v) is 7.94. The van der Waals surface area contributed by atoms with E-state index in [1.54, 1.807) is 4.90 Å². The molecule has 0 aliphatic carbocycles. The highest BCUT2D eigenvalue weighted by atomic mass is 16.6. The quantitative estimate of drug-likeness (QED) is 0.912. The van der Waals surface area contributed by atoms with Crippen molar-refractivity contribution >= 4 is 12.0 Å². The monoisotopic (exact) mass is 302 g/mol. The van der Waals surface area contributed by atoms with Crippen molar-refractivity contribution < 1.29 is 14.3 Å². The van der Waals surface area contributed by atoms with Crippen LogP contribution >= 0.6 is 0 Å². The van der Waals surface area contributed by atoms with Gasteiger partial charge in [0, 0.05) is 19.6 Å². The van der Waals surface area contributed by atoms with Crippen LogP contribution in [-0.2, 0) is 16.1 Å². The Morgan fingerprint density at radius 1 is 1.18 bits per heavy atom. The van der Waals surface area contributed by atoms with E-state index in [2.05, 4.69) is 5.32 Å². The summed E-state index contributed by atoms with van der Waals surface area (Å²) in [5.41, 5.74) is 0.727. The Labute approximate surface area is 130 Å². The number of piperidine rings is 2. The number of nitrogens with one attached hydrogen (secondary N) is 1. The molecule has 2 amide bonds. The molecule has 2 aliphatic rings. The highest BCUT2D eigenvalue weighted by Crippen LogP contribution is 2.38. The third kappa shape index (κ3) is 3.08. The van der Waals surface area contributed by atoms with Gasteiger partial charge in [-0.05, 0) is 31.2 Å². The average Bonchev–Trinajstić information content (AvgIpc) is 2.57. The Hall–Kier alpha value is -2.04.